The SMILES string of the molecule is Cc1nc(CN)oc1-c1ccccc1C(F)(F)F. The van der Waals surface area contributed by atoms with E-state index in [0.29, 0.717) is 5.69 Å². The molecule has 96 valence electrons. The van der Waals surface area contributed by atoms with Crippen LogP contribution in [-0.2, 0) is 12.7 Å². The molecule has 2 aromatic rings. The molecule has 0 aliphatic heterocycles. The Labute approximate surface area is 101 Å². The molecule has 0 unspecified atom stereocenters. The van der Waals surface area contributed by atoms with Crippen LogP contribution >= 0.6 is 0 Å². The lowest BCUT2D eigenvalue weighted by molar-refractivity contribution is -0.137. The third-order valence-corrected chi connectivity index (χ3v) is 2.49. The Kier molecular flexibility index (Phi) is 3.13. The standard InChI is InChI=1S/C12H11F3N2O/c1-7-11(18-10(6-16)17-7)8-4-2-3-5-9(8)12(13,14)15/h2-5H,6,16H2,1H3. The van der Waals surface area contributed by atoms with E-state index < -0.39 is 11.7 Å². The van der Waals surface area contributed by atoms with Gasteiger partial charge in [-0.05, 0) is 13.0 Å². The van der Waals surface area contributed by atoms with Crippen LogP contribution in [0.15, 0.2) is 28.7 Å². The molecule has 0 atom stereocenters. The zero-order chi connectivity index (χ0) is 13.3. The average molecular weight is 256 g/mol. The summed E-state index contributed by atoms with van der Waals surface area (Å²) in [5.41, 5.74) is 4.99. The van der Waals surface area contributed by atoms with Gasteiger partial charge in [0.05, 0.1) is 17.8 Å². The Bertz CT molecular complexity index is 561. The van der Waals surface area contributed by atoms with Crippen LogP contribution in [0.5, 0.6) is 0 Å². The van der Waals surface area contributed by atoms with Crippen molar-refractivity contribution in [2.75, 3.05) is 0 Å². The van der Waals surface area contributed by atoms with Gasteiger partial charge in [0.15, 0.2) is 5.76 Å². The first-order valence-corrected chi connectivity index (χ1v) is 5.26. The minimum atomic E-state index is -4.43. The zero-order valence-electron chi connectivity index (χ0n) is 9.58. The number of hydrogen-bond donors (Lipinski definition) is 1. The van der Waals surface area contributed by atoms with Crippen molar-refractivity contribution in [3.8, 4) is 11.3 Å². The number of nitrogens with zero attached hydrogens (tertiary/aromatic N) is 1. The number of aryl methyl sites for hydroxylation is 1. The van der Waals surface area contributed by atoms with Gasteiger partial charge < -0.3 is 10.2 Å². The lowest BCUT2D eigenvalue weighted by Gasteiger charge is -2.10. The van der Waals surface area contributed by atoms with Crippen molar-refractivity contribution in [2.24, 2.45) is 5.73 Å². The molecule has 2 N–H and O–H groups in total. The van der Waals surface area contributed by atoms with E-state index in [-0.39, 0.29) is 23.8 Å². The fourth-order valence-corrected chi connectivity index (χ4v) is 1.72. The van der Waals surface area contributed by atoms with Crippen molar-refractivity contribution >= 4 is 0 Å². The zero-order valence-corrected chi connectivity index (χ0v) is 9.58. The minimum Gasteiger partial charge on any atom is -0.439 e. The van der Waals surface area contributed by atoms with E-state index in [0.717, 1.165) is 6.07 Å². The molecule has 0 bridgehead atoms. The number of alkyl halides is 3. The Balaban J connectivity index is 2.60. The highest BCUT2D eigenvalue weighted by atomic mass is 19.4. The van der Waals surface area contributed by atoms with Crippen molar-refractivity contribution in [3.05, 3.63) is 41.4 Å². The second-order valence-electron chi connectivity index (χ2n) is 3.77. The maximum atomic E-state index is 12.9. The third-order valence-electron chi connectivity index (χ3n) is 2.49. The maximum Gasteiger partial charge on any atom is 0.417 e. The first-order valence-electron chi connectivity index (χ1n) is 5.26. The number of oxazole rings is 1. The van der Waals surface area contributed by atoms with Crippen LogP contribution in [0.25, 0.3) is 11.3 Å². The topological polar surface area (TPSA) is 52.0 Å². The van der Waals surface area contributed by atoms with Crippen molar-refractivity contribution < 1.29 is 17.6 Å². The van der Waals surface area contributed by atoms with Crippen LogP contribution in [0, 0.1) is 6.92 Å². The normalized spacial score (nSPS) is 11.8. The summed E-state index contributed by atoms with van der Waals surface area (Å²) in [4.78, 5) is 3.97. The van der Waals surface area contributed by atoms with Gasteiger partial charge in [0.1, 0.15) is 0 Å². The summed E-state index contributed by atoms with van der Waals surface area (Å²) in [6, 6.07) is 5.23. The first kappa shape index (κ1) is 12.6. The highest BCUT2D eigenvalue weighted by molar-refractivity contribution is 5.64. The second-order valence-corrected chi connectivity index (χ2v) is 3.77. The lowest BCUT2D eigenvalue weighted by atomic mass is 10.0. The summed E-state index contributed by atoms with van der Waals surface area (Å²) in [5, 5.41) is 0. The molecule has 0 aliphatic rings. The molecular weight excluding hydrogens is 245 g/mol. The van der Waals surface area contributed by atoms with E-state index in [4.69, 9.17) is 10.2 Å². The van der Waals surface area contributed by atoms with Gasteiger partial charge in [-0.2, -0.15) is 13.2 Å². The molecule has 0 saturated heterocycles. The Morgan fingerprint density at radius 2 is 1.94 bits per heavy atom. The molecule has 18 heavy (non-hydrogen) atoms. The summed E-state index contributed by atoms with van der Waals surface area (Å²) in [5.74, 6) is 0.336. The summed E-state index contributed by atoms with van der Waals surface area (Å²) in [6.07, 6.45) is -4.43. The number of hydrogen-bond acceptors (Lipinski definition) is 3. The number of benzene rings is 1. The molecular formula is C12H11F3N2O. The smallest absolute Gasteiger partial charge is 0.417 e. The van der Waals surface area contributed by atoms with Crippen molar-refractivity contribution in [1.29, 1.82) is 0 Å². The molecule has 6 heteroatoms. The molecule has 1 aromatic heterocycles. The lowest BCUT2D eigenvalue weighted by Crippen LogP contribution is -2.06. The molecule has 0 fully saturated rings. The quantitative estimate of drug-likeness (QED) is 0.898. The van der Waals surface area contributed by atoms with Gasteiger partial charge in [-0.3, -0.25) is 0 Å². The predicted octanol–water partition coefficient (Wildman–Crippen LogP) is 3.13. The van der Waals surface area contributed by atoms with Crippen LogP contribution < -0.4 is 5.73 Å². The average Bonchev–Trinajstić information content (AvgIpc) is 2.69. The summed E-state index contributed by atoms with van der Waals surface area (Å²) in [7, 11) is 0. The molecule has 0 saturated carbocycles. The number of rotatable bonds is 2. The van der Waals surface area contributed by atoms with E-state index in [1.165, 1.54) is 18.2 Å². The highest BCUT2D eigenvalue weighted by Crippen LogP contribution is 2.38. The van der Waals surface area contributed by atoms with Gasteiger partial charge in [-0.15, -0.1) is 0 Å². The van der Waals surface area contributed by atoms with Gasteiger partial charge in [0, 0.05) is 5.56 Å². The Morgan fingerprint density at radius 3 is 2.50 bits per heavy atom. The van der Waals surface area contributed by atoms with E-state index in [1.54, 1.807) is 6.92 Å². The predicted molar refractivity (Wildman–Crippen MR) is 59.6 cm³/mol. The van der Waals surface area contributed by atoms with Crippen LogP contribution in [-0.4, -0.2) is 4.98 Å². The van der Waals surface area contributed by atoms with Crippen LogP contribution in [0.3, 0.4) is 0 Å². The number of halogens is 3. The Morgan fingerprint density at radius 1 is 1.28 bits per heavy atom. The van der Waals surface area contributed by atoms with Crippen LogP contribution in [0.1, 0.15) is 17.1 Å². The fourth-order valence-electron chi connectivity index (χ4n) is 1.72. The van der Waals surface area contributed by atoms with Gasteiger partial charge in [0.25, 0.3) is 0 Å². The minimum absolute atomic E-state index is 0.0188. The molecule has 1 aromatic carbocycles. The van der Waals surface area contributed by atoms with Crippen LogP contribution in [0.2, 0.25) is 0 Å². The van der Waals surface area contributed by atoms with Gasteiger partial charge in [-0.1, -0.05) is 18.2 Å². The Hall–Kier alpha value is -1.82. The molecule has 0 amide bonds. The van der Waals surface area contributed by atoms with Gasteiger partial charge in [0.2, 0.25) is 5.89 Å². The van der Waals surface area contributed by atoms with E-state index in [1.807, 2.05) is 0 Å². The van der Waals surface area contributed by atoms with Crippen molar-refractivity contribution in [2.45, 2.75) is 19.6 Å². The van der Waals surface area contributed by atoms with E-state index >= 15 is 0 Å². The summed E-state index contributed by atoms with van der Waals surface area (Å²) in [6.45, 7) is 1.64. The van der Waals surface area contributed by atoms with Gasteiger partial charge >= 0.3 is 6.18 Å². The van der Waals surface area contributed by atoms with E-state index in [9.17, 15) is 13.2 Å². The maximum absolute atomic E-state index is 12.9. The number of aromatic nitrogens is 1. The highest BCUT2D eigenvalue weighted by Gasteiger charge is 2.34. The van der Waals surface area contributed by atoms with Crippen molar-refractivity contribution in [1.82, 2.24) is 4.98 Å². The monoisotopic (exact) mass is 256 g/mol. The third kappa shape index (κ3) is 2.24. The summed E-state index contributed by atoms with van der Waals surface area (Å²) < 4.78 is 43.9. The van der Waals surface area contributed by atoms with Gasteiger partial charge in [-0.25, -0.2) is 4.98 Å². The summed E-state index contributed by atoms with van der Waals surface area (Å²) >= 11 is 0. The molecule has 0 radical (unpaired) electrons. The van der Waals surface area contributed by atoms with Crippen LogP contribution in [0.4, 0.5) is 13.2 Å². The van der Waals surface area contributed by atoms with Crippen molar-refractivity contribution in [3.63, 3.8) is 0 Å². The second kappa shape index (κ2) is 4.45. The molecule has 0 spiro atoms. The number of nitrogens with two attached hydrogens (primary N) is 1. The van der Waals surface area contributed by atoms with E-state index in [2.05, 4.69) is 4.98 Å². The largest absolute Gasteiger partial charge is 0.439 e. The first-order chi connectivity index (χ1) is 8.43. The molecule has 2 rings (SSSR count). The molecule has 3 nitrogen and oxygen atoms in total. The fraction of sp³-hybridized carbons (Fsp3) is 0.250. The molecule has 1 heterocycles. The molecule has 0 aliphatic carbocycles.